The van der Waals surface area contributed by atoms with Crippen LogP contribution in [-0.2, 0) is 11.2 Å². The Bertz CT molecular complexity index is 434. The lowest BCUT2D eigenvalue weighted by atomic mass is 10.0. The minimum Gasteiger partial charge on any atom is -0.315 e. The van der Waals surface area contributed by atoms with Gasteiger partial charge in [0.15, 0.2) is 5.78 Å². The summed E-state index contributed by atoms with van der Waals surface area (Å²) < 4.78 is 0. The molecule has 0 saturated carbocycles. The van der Waals surface area contributed by atoms with Gasteiger partial charge in [0.05, 0.1) is 6.54 Å². The predicted molar refractivity (Wildman–Crippen MR) is 78.6 cm³/mol. The third kappa shape index (κ3) is 4.44. The summed E-state index contributed by atoms with van der Waals surface area (Å²) in [7, 11) is 0. The van der Waals surface area contributed by atoms with Gasteiger partial charge in [-0.1, -0.05) is 18.2 Å². The molecule has 0 radical (unpaired) electrons. The molecule has 1 aromatic carbocycles. The fraction of sp³-hybridized carbons (Fsp3) is 0.562. The van der Waals surface area contributed by atoms with E-state index in [0.29, 0.717) is 18.7 Å². The van der Waals surface area contributed by atoms with E-state index in [0.717, 1.165) is 38.2 Å². The Morgan fingerprint density at radius 1 is 1.21 bits per heavy atom. The quantitative estimate of drug-likeness (QED) is 0.894. The first kappa shape index (κ1) is 14.2. The molecule has 1 N–H and O–H groups in total. The van der Waals surface area contributed by atoms with Crippen molar-refractivity contribution in [2.45, 2.75) is 26.7 Å². The summed E-state index contributed by atoms with van der Waals surface area (Å²) in [5, 5.41) is 3.36. The van der Waals surface area contributed by atoms with Gasteiger partial charge in [-0.05, 0) is 50.0 Å². The second kappa shape index (κ2) is 6.83. The third-order valence-corrected chi connectivity index (χ3v) is 3.81. The Morgan fingerprint density at radius 2 is 2.05 bits per heavy atom. The molecular formula is C16H24N2O. The Kier molecular flexibility index (Phi) is 5.11. The smallest absolute Gasteiger partial charge is 0.151 e. The molecule has 1 aromatic rings. The zero-order valence-electron chi connectivity index (χ0n) is 12.0. The highest BCUT2D eigenvalue weighted by Crippen LogP contribution is 2.11. The number of carbonyl (C=O) groups is 1. The molecule has 1 saturated heterocycles. The predicted octanol–water partition coefficient (Wildman–Crippen LogP) is 1.71. The summed E-state index contributed by atoms with van der Waals surface area (Å²) in [6, 6.07) is 6.31. The maximum Gasteiger partial charge on any atom is 0.151 e. The molecule has 0 spiro atoms. The fourth-order valence-corrected chi connectivity index (χ4v) is 2.51. The van der Waals surface area contributed by atoms with Crippen LogP contribution in [0.2, 0.25) is 0 Å². The van der Waals surface area contributed by atoms with Crippen LogP contribution in [0.3, 0.4) is 0 Å². The van der Waals surface area contributed by atoms with Crippen molar-refractivity contribution in [3.05, 3.63) is 34.9 Å². The van der Waals surface area contributed by atoms with Gasteiger partial charge < -0.3 is 5.32 Å². The standard InChI is InChI=1S/C16H24N2O/c1-13-4-5-15(10-14(13)2)11-16(19)12-18-8-3-6-17-7-9-18/h4-5,10,17H,3,6-9,11-12H2,1-2H3. The second-order valence-electron chi connectivity index (χ2n) is 5.51. The number of Topliss-reactive ketones (excluding diaryl/α,β-unsaturated/α-hetero) is 1. The summed E-state index contributed by atoms with van der Waals surface area (Å²) in [6.07, 6.45) is 1.70. The number of carbonyl (C=O) groups excluding carboxylic acids is 1. The molecule has 1 aliphatic rings. The lowest BCUT2D eigenvalue weighted by Crippen LogP contribution is -2.33. The van der Waals surface area contributed by atoms with Crippen molar-refractivity contribution in [3.63, 3.8) is 0 Å². The average Bonchev–Trinajstić information content (AvgIpc) is 2.62. The van der Waals surface area contributed by atoms with Crippen LogP contribution in [-0.4, -0.2) is 43.4 Å². The van der Waals surface area contributed by atoms with Gasteiger partial charge in [-0.2, -0.15) is 0 Å². The number of hydrogen-bond acceptors (Lipinski definition) is 3. The summed E-state index contributed by atoms with van der Waals surface area (Å²) in [5.74, 6) is 0.324. The molecule has 1 aliphatic heterocycles. The molecule has 0 amide bonds. The van der Waals surface area contributed by atoms with Gasteiger partial charge in [-0.25, -0.2) is 0 Å². The number of benzene rings is 1. The van der Waals surface area contributed by atoms with E-state index in [9.17, 15) is 4.79 Å². The largest absolute Gasteiger partial charge is 0.315 e. The van der Waals surface area contributed by atoms with Crippen molar-refractivity contribution in [2.24, 2.45) is 0 Å². The maximum absolute atomic E-state index is 12.1. The second-order valence-corrected chi connectivity index (χ2v) is 5.51. The van der Waals surface area contributed by atoms with Crippen LogP contribution in [0.4, 0.5) is 0 Å². The zero-order valence-corrected chi connectivity index (χ0v) is 12.0. The van der Waals surface area contributed by atoms with Crippen LogP contribution in [0, 0.1) is 13.8 Å². The van der Waals surface area contributed by atoms with Gasteiger partial charge in [-0.15, -0.1) is 0 Å². The van der Waals surface area contributed by atoms with Crippen molar-refractivity contribution in [1.29, 1.82) is 0 Å². The number of aryl methyl sites for hydroxylation is 2. The van der Waals surface area contributed by atoms with Gasteiger partial charge >= 0.3 is 0 Å². The Labute approximate surface area is 116 Å². The lowest BCUT2D eigenvalue weighted by molar-refractivity contribution is -0.119. The fourth-order valence-electron chi connectivity index (χ4n) is 2.51. The Morgan fingerprint density at radius 3 is 2.84 bits per heavy atom. The SMILES string of the molecule is Cc1ccc(CC(=O)CN2CCCNCC2)cc1C. The van der Waals surface area contributed by atoms with Crippen molar-refractivity contribution >= 4 is 5.78 Å². The molecule has 0 bridgehead atoms. The highest BCUT2D eigenvalue weighted by Gasteiger charge is 2.13. The normalized spacial score (nSPS) is 17.2. The summed E-state index contributed by atoms with van der Waals surface area (Å²) in [6.45, 7) is 8.88. The van der Waals surface area contributed by atoms with Crippen LogP contribution >= 0.6 is 0 Å². The topological polar surface area (TPSA) is 32.3 Å². The van der Waals surface area contributed by atoms with E-state index < -0.39 is 0 Å². The third-order valence-electron chi connectivity index (χ3n) is 3.81. The molecule has 3 nitrogen and oxygen atoms in total. The Hall–Kier alpha value is -1.19. The molecule has 0 unspecified atom stereocenters. The molecule has 104 valence electrons. The number of nitrogens with one attached hydrogen (secondary N) is 1. The van der Waals surface area contributed by atoms with Crippen LogP contribution in [0.5, 0.6) is 0 Å². The van der Waals surface area contributed by atoms with E-state index in [1.807, 2.05) is 0 Å². The summed E-state index contributed by atoms with van der Waals surface area (Å²) in [4.78, 5) is 14.4. The van der Waals surface area contributed by atoms with E-state index >= 15 is 0 Å². The van der Waals surface area contributed by atoms with Crippen LogP contribution in [0.1, 0.15) is 23.1 Å². The minimum atomic E-state index is 0.324. The van der Waals surface area contributed by atoms with E-state index in [4.69, 9.17) is 0 Å². The summed E-state index contributed by atoms with van der Waals surface area (Å²) >= 11 is 0. The molecule has 1 fully saturated rings. The van der Waals surface area contributed by atoms with Crippen LogP contribution < -0.4 is 5.32 Å². The molecule has 2 rings (SSSR count). The first-order valence-corrected chi connectivity index (χ1v) is 7.16. The average molecular weight is 260 g/mol. The van der Waals surface area contributed by atoms with E-state index in [2.05, 4.69) is 42.3 Å². The number of rotatable bonds is 4. The number of nitrogens with zero attached hydrogens (tertiary/aromatic N) is 1. The van der Waals surface area contributed by atoms with Crippen molar-refractivity contribution in [2.75, 3.05) is 32.7 Å². The molecule has 1 heterocycles. The number of ketones is 1. The minimum absolute atomic E-state index is 0.324. The van der Waals surface area contributed by atoms with Gasteiger partial charge in [0, 0.05) is 19.5 Å². The van der Waals surface area contributed by atoms with Crippen LogP contribution in [0.15, 0.2) is 18.2 Å². The molecule has 0 atom stereocenters. The van der Waals surface area contributed by atoms with Gasteiger partial charge in [0.2, 0.25) is 0 Å². The van der Waals surface area contributed by atoms with Gasteiger partial charge in [0.25, 0.3) is 0 Å². The number of hydrogen-bond donors (Lipinski definition) is 1. The molecule has 0 aliphatic carbocycles. The highest BCUT2D eigenvalue weighted by atomic mass is 16.1. The summed E-state index contributed by atoms with van der Waals surface area (Å²) in [5.41, 5.74) is 3.69. The zero-order chi connectivity index (χ0) is 13.7. The van der Waals surface area contributed by atoms with Gasteiger partial charge in [0.1, 0.15) is 0 Å². The van der Waals surface area contributed by atoms with Gasteiger partial charge in [-0.3, -0.25) is 9.69 Å². The lowest BCUT2D eigenvalue weighted by Gasteiger charge is -2.18. The Balaban J connectivity index is 1.87. The molecule has 19 heavy (non-hydrogen) atoms. The molecule has 3 heteroatoms. The van der Waals surface area contributed by atoms with E-state index in [1.165, 1.54) is 11.1 Å². The van der Waals surface area contributed by atoms with Crippen molar-refractivity contribution in [1.82, 2.24) is 10.2 Å². The van der Waals surface area contributed by atoms with Crippen LogP contribution in [0.25, 0.3) is 0 Å². The monoisotopic (exact) mass is 260 g/mol. The molecule has 0 aromatic heterocycles. The van der Waals surface area contributed by atoms with Crippen molar-refractivity contribution in [3.8, 4) is 0 Å². The van der Waals surface area contributed by atoms with E-state index in [1.54, 1.807) is 0 Å². The first-order chi connectivity index (χ1) is 9.15. The van der Waals surface area contributed by atoms with E-state index in [-0.39, 0.29) is 0 Å². The first-order valence-electron chi connectivity index (χ1n) is 7.16. The highest BCUT2D eigenvalue weighted by molar-refractivity contribution is 5.82. The van der Waals surface area contributed by atoms with Crippen molar-refractivity contribution < 1.29 is 4.79 Å². The maximum atomic E-state index is 12.1. The molecular weight excluding hydrogens is 236 g/mol.